The molecule has 0 atom stereocenters. The highest BCUT2D eigenvalue weighted by Crippen LogP contribution is 2.19. The topological polar surface area (TPSA) is 62.2 Å². The third-order valence-corrected chi connectivity index (χ3v) is 3.48. The minimum atomic E-state index is -0.920. The highest BCUT2D eigenvalue weighted by atomic mass is 16.4. The van der Waals surface area contributed by atoms with Crippen LogP contribution >= 0.6 is 0 Å². The van der Waals surface area contributed by atoms with Crippen LogP contribution in [0.4, 0.5) is 5.82 Å². The van der Waals surface area contributed by atoms with Gasteiger partial charge < -0.3 is 10.4 Å². The molecule has 0 saturated heterocycles. The molecule has 0 bridgehead atoms. The summed E-state index contributed by atoms with van der Waals surface area (Å²) >= 11 is 0. The van der Waals surface area contributed by atoms with Gasteiger partial charge in [-0.05, 0) is 36.6 Å². The monoisotopic (exact) mass is 286 g/mol. The van der Waals surface area contributed by atoms with Gasteiger partial charge in [0.2, 0.25) is 0 Å². The van der Waals surface area contributed by atoms with Crippen LogP contribution in [0.15, 0.2) is 30.3 Å². The van der Waals surface area contributed by atoms with E-state index in [-0.39, 0.29) is 0 Å². The molecular weight excluding hydrogens is 264 g/mol. The van der Waals surface area contributed by atoms with Crippen molar-refractivity contribution in [3.63, 3.8) is 0 Å². The highest BCUT2D eigenvalue weighted by Gasteiger charge is 2.08. The van der Waals surface area contributed by atoms with E-state index in [0.29, 0.717) is 16.5 Å². The maximum Gasteiger partial charge on any atom is 0.336 e. The number of benzene rings is 1. The lowest BCUT2D eigenvalue weighted by atomic mass is 10.1. The molecule has 2 rings (SSSR count). The van der Waals surface area contributed by atoms with E-state index < -0.39 is 5.97 Å². The fourth-order valence-electron chi connectivity index (χ4n) is 2.33. The predicted octanol–water partition coefficient (Wildman–Crippen LogP) is 4.17. The van der Waals surface area contributed by atoms with Crippen molar-refractivity contribution < 1.29 is 9.90 Å². The Morgan fingerprint density at radius 2 is 2.05 bits per heavy atom. The molecule has 0 aliphatic heterocycles. The largest absolute Gasteiger partial charge is 0.478 e. The van der Waals surface area contributed by atoms with Crippen molar-refractivity contribution in [1.29, 1.82) is 0 Å². The van der Waals surface area contributed by atoms with Gasteiger partial charge in [0.1, 0.15) is 5.82 Å². The van der Waals surface area contributed by atoms with Gasteiger partial charge in [0.25, 0.3) is 0 Å². The van der Waals surface area contributed by atoms with E-state index in [1.165, 1.54) is 12.8 Å². The average molecular weight is 286 g/mol. The second kappa shape index (κ2) is 7.07. The summed E-state index contributed by atoms with van der Waals surface area (Å²) in [5.74, 6) is 0.629. The molecule has 4 nitrogen and oxygen atoms in total. The number of rotatable bonds is 7. The van der Waals surface area contributed by atoms with Crippen LogP contribution in [-0.2, 0) is 0 Å². The van der Waals surface area contributed by atoms with E-state index in [9.17, 15) is 4.79 Å². The first-order valence-corrected chi connectivity index (χ1v) is 7.45. The standard InChI is InChI=1S/C17H22N2O2/c1-12(2)6-3-4-11-18-16-10-9-13-14(17(20)21)7-5-8-15(13)19-16/h5,7-10,12H,3-4,6,11H2,1-2H3,(H,18,19)(H,20,21). The number of nitrogens with zero attached hydrogens (tertiary/aromatic N) is 1. The van der Waals surface area contributed by atoms with Crippen molar-refractivity contribution in [2.75, 3.05) is 11.9 Å². The fourth-order valence-corrected chi connectivity index (χ4v) is 2.33. The van der Waals surface area contributed by atoms with Crippen molar-refractivity contribution in [1.82, 2.24) is 4.98 Å². The molecule has 21 heavy (non-hydrogen) atoms. The number of carboxylic acid groups (broad SMARTS) is 1. The molecule has 4 heteroatoms. The van der Waals surface area contributed by atoms with Crippen LogP contribution in [0.1, 0.15) is 43.5 Å². The Bertz CT molecular complexity index is 623. The van der Waals surface area contributed by atoms with Gasteiger partial charge in [0, 0.05) is 11.9 Å². The van der Waals surface area contributed by atoms with E-state index in [4.69, 9.17) is 5.11 Å². The number of anilines is 1. The van der Waals surface area contributed by atoms with Gasteiger partial charge in [0.05, 0.1) is 11.1 Å². The average Bonchev–Trinajstić information content (AvgIpc) is 2.45. The molecule has 0 amide bonds. The maximum absolute atomic E-state index is 11.2. The normalized spacial score (nSPS) is 11.0. The summed E-state index contributed by atoms with van der Waals surface area (Å²) in [6.45, 7) is 5.36. The first kappa shape index (κ1) is 15.3. The maximum atomic E-state index is 11.2. The third-order valence-electron chi connectivity index (χ3n) is 3.48. The van der Waals surface area contributed by atoms with E-state index in [0.717, 1.165) is 24.7 Å². The Labute approximate surface area is 125 Å². The number of nitrogens with one attached hydrogen (secondary N) is 1. The van der Waals surface area contributed by atoms with Crippen LogP contribution in [0.5, 0.6) is 0 Å². The van der Waals surface area contributed by atoms with Crippen LogP contribution < -0.4 is 5.32 Å². The van der Waals surface area contributed by atoms with Crippen molar-refractivity contribution in [2.24, 2.45) is 5.92 Å². The van der Waals surface area contributed by atoms with Crippen LogP contribution in [0.2, 0.25) is 0 Å². The molecule has 1 aromatic heterocycles. The number of fused-ring (bicyclic) bond motifs is 1. The van der Waals surface area contributed by atoms with Gasteiger partial charge in [0.15, 0.2) is 0 Å². The Balaban J connectivity index is 2.01. The summed E-state index contributed by atoms with van der Waals surface area (Å²) in [5.41, 5.74) is 1.01. The van der Waals surface area contributed by atoms with E-state index >= 15 is 0 Å². The zero-order valence-electron chi connectivity index (χ0n) is 12.6. The smallest absolute Gasteiger partial charge is 0.336 e. The molecule has 2 aromatic rings. The van der Waals surface area contributed by atoms with Crippen molar-refractivity contribution in [3.8, 4) is 0 Å². The quantitative estimate of drug-likeness (QED) is 0.750. The van der Waals surface area contributed by atoms with E-state index in [2.05, 4.69) is 24.1 Å². The molecule has 2 N–H and O–H groups in total. The first-order chi connectivity index (χ1) is 10.1. The molecular formula is C17H22N2O2. The highest BCUT2D eigenvalue weighted by molar-refractivity contribution is 6.02. The van der Waals surface area contributed by atoms with Crippen LogP contribution in [-0.4, -0.2) is 22.6 Å². The Kier molecular flexibility index (Phi) is 5.14. The zero-order chi connectivity index (χ0) is 15.2. The molecule has 0 saturated carbocycles. The Morgan fingerprint density at radius 1 is 1.24 bits per heavy atom. The molecule has 1 aromatic carbocycles. The Morgan fingerprint density at radius 3 is 2.76 bits per heavy atom. The van der Waals surface area contributed by atoms with Crippen LogP contribution in [0.3, 0.4) is 0 Å². The summed E-state index contributed by atoms with van der Waals surface area (Å²) in [7, 11) is 0. The van der Waals surface area contributed by atoms with E-state index in [1.807, 2.05) is 18.2 Å². The Hall–Kier alpha value is -2.10. The third kappa shape index (κ3) is 4.18. The molecule has 1 heterocycles. The predicted molar refractivity (Wildman–Crippen MR) is 85.9 cm³/mol. The minimum absolute atomic E-state index is 0.295. The van der Waals surface area contributed by atoms with E-state index in [1.54, 1.807) is 12.1 Å². The number of hydrogen-bond acceptors (Lipinski definition) is 3. The summed E-state index contributed by atoms with van der Waals surface area (Å²) in [6, 6.07) is 8.84. The second-order valence-corrected chi connectivity index (χ2v) is 5.69. The summed E-state index contributed by atoms with van der Waals surface area (Å²) in [4.78, 5) is 15.6. The summed E-state index contributed by atoms with van der Waals surface area (Å²) < 4.78 is 0. The minimum Gasteiger partial charge on any atom is -0.478 e. The zero-order valence-corrected chi connectivity index (χ0v) is 12.6. The fraction of sp³-hybridized carbons (Fsp3) is 0.412. The van der Waals surface area contributed by atoms with Gasteiger partial charge in [-0.3, -0.25) is 0 Å². The van der Waals surface area contributed by atoms with Crippen molar-refractivity contribution in [2.45, 2.75) is 33.1 Å². The van der Waals surface area contributed by atoms with Crippen molar-refractivity contribution >= 4 is 22.7 Å². The summed E-state index contributed by atoms with van der Waals surface area (Å²) in [5, 5.41) is 13.1. The van der Waals surface area contributed by atoms with Crippen molar-refractivity contribution in [3.05, 3.63) is 35.9 Å². The van der Waals surface area contributed by atoms with Gasteiger partial charge in [-0.1, -0.05) is 32.8 Å². The lowest BCUT2D eigenvalue weighted by Crippen LogP contribution is -2.04. The van der Waals surface area contributed by atoms with Gasteiger partial charge in [-0.2, -0.15) is 0 Å². The van der Waals surface area contributed by atoms with Gasteiger partial charge >= 0.3 is 5.97 Å². The first-order valence-electron chi connectivity index (χ1n) is 7.45. The second-order valence-electron chi connectivity index (χ2n) is 5.69. The van der Waals surface area contributed by atoms with Gasteiger partial charge in [-0.25, -0.2) is 9.78 Å². The van der Waals surface area contributed by atoms with Crippen LogP contribution in [0, 0.1) is 5.92 Å². The molecule has 0 spiro atoms. The molecule has 112 valence electrons. The number of carboxylic acids is 1. The number of aromatic nitrogens is 1. The summed E-state index contributed by atoms with van der Waals surface area (Å²) in [6.07, 6.45) is 3.57. The SMILES string of the molecule is CC(C)CCCCNc1ccc2c(C(=O)O)cccc2n1. The van der Waals surface area contributed by atoms with Crippen LogP contribution in [0.25, 0.3) is 10.9 Å². The molecule has 0 aliphatic carbocycles. The molecule has 0 aliphatic rings. The lowest BCUT2D eigenvalue weighted by Gasteiger charge is -2.08. The number of pyridine rings is 1. The number of unbranched alkanes of at least 4 members (excludes halogenated alkanes) is 1. The number of carbonyl (C=O) groups is 1. The van der Waals surface area contributed by atoms with Gasteiger partial charge in [-0.15, -0.1) is 0 Å². The molecule has 0 fully saturated rings. The lowest BCUT2D eigenvalue weighted by molar-refractivity contribution is 0.0699. The molecule has 0 unspecified atom stereocenters. The molecule has 0 radical (unpaired) electrons. The number of aromatic carboxylic acids is 1. The number of hydrogen-bond donors (Lipinski definition) is 2.